The maximum absolute atomic E-state index is 12.4. The lowest BCUT2D eigenvalue weighted by Crippen LogP contribution is -2.69. The molecule has 2 saturated heterocycles. The van der Waals surface area contributed by atoms with Gasteiger partial charge >= 0.3 is 5.97 Å². The molecule has 0 amide bonds. The predicted molar refractivity (Wildman–Crippen MR) is 164 cm³/mol. The summed E-state index contributed by atoms with van der Waals surface area (Å²) in [6, 6.07) is 4.09. The Hall–Kier alpha value is -3.32. The molecule has 2 aromatic carbocycles. The second kappa shape index (κ2) is 11.4. The molecule has 0 bridgehead atoms. The highest BCUT2D eigenvalue weighted by atomic mass is 16.7. The fraction of sp³-hybridized carbons (Fsp3) is 0.543. The maximum Gasteiger partial charge on any atom is 0.335 e. The molecule has 3 heterocycles. The molecule has 5 aliphatic rings. The molecule has 0 aromatic heterocycles. The number of fused-ring (bicyclic) bond motifs is 3. The zero-order valence-electron chi connectivity index (χ0n) is 26.1. The Morgan fingerprint density at radius 1 is 1.15 bits per heavy atom. The number of aromatic carboxylic acids is 1. The molecule has 2 aliphatic carbocycles. The molecule has 11 nitrogen and oxygen atoms in total. The van der Waals surface area contributed by atoms with E-state index in [1.54, 1.807) is 13.0 Å². The number of carbonyl (C=O) groups is 2. The molecule has 46 heavy (non-hydrogen) atoms. The number of carbonyl (C=O) groups excluding carboxylic acids is 1. The number of aromatic hydroxyl groups is 1. The third-order valence-electron chi connectivity index (χ3n) is 11.1. The topological polar surface area (TPSA) is 172 Å². The summed E-state index contributed by atoms with van der Waals surface area (Å²) in [7, 11) is 0. The molecule has 2 aromatic rings. The van der Waals surface area contributed by atoms with E-state index in [0.717, 1.165) is 18.4 Å². The van der Waals surface area contributed by atoms with Crippen molar-refractivity contribution in [1.82, 2.24) is 0 Å². The average molecular weight is 637 g/mol. The van der Waals surface area contributed by atoms with Gasteiger partial charge in [-0.3, -0.25) is 4.79 Å². The summed E-state index contributed by atoms with van der Waals surface area (Å²) in [6.07, 6.45) is -1.66. The van der Waals surface area contributed by atoms with E-state index in [0.29, 0.717) is 42.4 Å². The minimum Gasteiger partial charge on any atom is -0.506 e. The van der Waals surface area contributed by atoms with E-state index >= 15 is 0 Å². The summed E-state index contributed by atoms with van der Waals surface area (Å²) in [6.45, 7) is 6.20. The second-order valence-electron chi connectivity index (χ2n) is 13.5. The Balaban J connectivity index is 1.24. The third kappa shape index (κ3) is 4.63. The number of carboxylic acid groups (broad SMARTS) is 1. The van der Waals surface area contributed by atoms with Crippen LogP contribution in [0, 0.1) is 30.6 Å². The zero-order valence-corrected chi connectivity index (χ0v) is 26.1. The third-order valence-corrected chi connectivity index (χ3v) is 11.1. The van der Waals surface area contributed by atoms with Crippen LogP contribution in [0.2, 0.25) is 0 Å². The molecule has 246 valence electrons. The van der Waals surface area contributed by atoms with Gasteiger partial charge in [0.15, 0.2) is 5.78 Å². The van der Waals surface area contributed by atoms with Crippen LogP contribution in [-0.4, -0.2) is 93.9 Å². The standard InChI is InChI=1S/C35H40O11/c1-15-8-19-9-20(33(41)42)10-25(29(19)30(38)27(15)17(3)37)45-34-31(39)32(40)35(26(12-36)46-34)11-23-16(2)21-6-7-43-14-24(21)22-5-4-18(13-44-35)28(22)23/h5,8-10,16,21,23-24,26,31-32,34,36,38-40H,4,6-7,11-14H2,1-3H3,(H,41,42)/t16-,21-,23+,24-,26+,31+,32+,34+,35+/m0/s1. The number of ketones is 1. The first-order valence-electron chi connectivity index (χ1n) is 15.9. The number of carboxylic acids is 1. The van der Waals surface area contributed by atoms with E-state index in [4.69, 9.17) is 18.9 Å². The smallest absolute Gasteiger partial charge is 0.335 e. The highest BCUT2D eigenvalue weighted by molar-refractivity contribution is 6.08. The van der Waals surface area contributed by atoms with Crippen molar-refractivity contribution in [2.75, 3.05) is 26.4 Å². The van der Waals surface area contributed by atoms with Gasteiger partial charge in [0.05, 0.1) is 36.3 Å². The Labute approximate surface area is 266 Å². The minimum atomic E-state index is -1.68. The number of Topliss-reactive ketones (excluding diaryl/α,β-unsaturated/α-hetero) is 1. The van der Waals surface area contributed by atoms with Crippen molar-refractivity contribution in [2.24, 2.45) is 23.7 Å². The molecular weight excluding hydrogens is 596 g/mol. The number of hydrogen-bond acceptors (Lipinski definition) is 10. The van der Waals surface area contributed by atoms with Gasteiger partial charge in [-0.15, -0.1) is 0 Å². The fourth-order valence-electron chi connectivity index (χ4n) is 8.92. The molecule has 7 rings (SSSR count). The van der Waals surface area contributed by atoms with Gasteiger partial charge in [0, 0.05) is 12.5 Å². The largest absolute Gasteiger partial charge is 0.506 e. The molecule has 0 radical (unpaired) electrons. The molecule has 11 heteroatoms. The summed E-state index contributed by atoms with van der Waals surface area (Å²) in [5.41, 5.74) is 2.55. The van der Waals surface area contributed by atoms with Crippen LogP contribution >= 0.6 is 0 Å². The van der Waals surface area contributed by atoms with Crippen LogP contribution in [0.4, 0.5) is 0 Å². The summed E-state index contributed by atoms with van der Waals surface area (Å²) in [4.78, 5) is 24.4. The molecule has 3 fully saturated rings. The number of phenolic OH excluding ortho intramolecular Hbond substituents is 1. The van der Waals surface area contributed by atoms with Gasteiger partial charge in [-0.05, 0) is 90.7 Å². The monoisotopic (exact) mass is 636 g/mol. The maximum atomic E-state index is 12.4. The van der Waals surface area contributed by atoms with E-state index in [1.807, 2.05) is 0 Å². The lowest BCUT2D eigenvalue weighted by atomic mass is 9.58. The summed E-state index contributed by atoms with van der Waals surface area (Å²) < 4.78 is 24.7. The Morgan fingerprint density at radius 2 is 1.93 bits per heavy atom. The van der Waals surface area contributed by atoms with Gasteiger partial charge in [0.25, 0.3) is 0 Å². The van der Waals surface area contributed by atoms with E-state index in [1.165, 1.54) is 30.2 Å². The van der Waals surface area contributed by atoms with E-state index in [-0.39, 0.29) is 40.7 Å². The van der Waals surface area contributed by atoms with Gasteiger partial charge in [-0.25, -0.2) is 4.79 Å². The number of phenols is 1. The predicted octanol–water partition coefficient (Wildman–Crippen LogP) is 3.28. The number of allylic oxidation sites excluding steroid dienone is 2. The minimum absolute atomic E-state index is 0.00366. The van der Waals surface area contributed by atoms with Crippen molar-refractivity contribution >= 4 is 22.5 Å². The Kier molecular flexibility index (Phi) is 7.77. The first-order chi connectivity index (χ1) is 22.0. The first kappa shape index (κ1) is 31.3. The number of hydrogen-bond donors (Lipinski definition) is 5. The van der Waals surface area contributed by atoms with Gasteiger partial charge in [-0.1, -0.05) is 19.1 Å². The normalized spacial score (nSPS) is 35.4. The van der Waals surface area contributed by atoms with Crippen LogP contribution in [0.15, 0.2) is 41.0 Å². The molecule has 0 unspecified atom stereocenters. The van der Waals surface area contributed by atoms with E-state index in [2.05, 4.69) is 13.0 Å². The molecule has 1 saturated carbocycles. The van der Waals surface area contributed by atoms with Crippen LogP contribution < -0.4 is 4.74 Å². The second-order valence-corrected chi connectivity index (χ2v) is 13.5. The Bertz CT molecular complexity index is 1670. The number of aliphatic hydroxyl groups excluding tert-OH is 3. The number of aryl methyl sites for hydroxylation is 1. The molecule has 3 aliphatic heterocycles. The van der Waals surface area contributed by atoms with Gasteiger partial charge in [-0.2, -0.15) is 0 Å². The van der Waals surface area contributed by atoms with Crippen molar-refractivity contribution < 1.29 is 54.1 Å². The van der Waals surface area contributed by atoms with Crippen molar-refractivity contribution in [3.63, 3.8) is 0 Å². The highest BCUT2D eigenvalue weighted by Gasteiger charge is 2.61. The van der Waals surface area contributed by atoms with Crippen molar-refractivity contribution in [3.05, 3.63) is 57.7 Å². The Morgan fingerprint density at radius 3 is 2.65 bits per heavy atom. The summed E-state index contributed by atoms with van der Waals surface area (Å²) >= 11 is 0. The van der Waals surface area contributed by atoms with Crippen LogP contribution in [0.25, 0.3) is 10.8 Å². The van der Waals surface area contributed by atoms with Gasteiger partial charge < -0.3 is 44.5 Å². The van der Waals surface area contributed by atoms with E-state index < -0.39 is 54.3 Å². The highest BCUT2D eigenvalue weighted by Crippen LogP contribution is 2.57. The van der Waals surface area contributed by atoms with Crippen LogP contribution in [0.1, 0.15) is 59.4 Å². The lowest BCUT2D eigenvalue weighted by Gasteiger charge is -2.53. The van der Waals surface area contributed by atoms with Crippen molar-refractivity contribution in [3.8, 4) is 11.5 Å². The lowest BCUT2D eigenvalue weighted by molar-refractivity contribution is -0.325. The number of benzene rings is 2. The first-order valence-corrected chi connectivity index (χ1v) is 15.9. The molecule has 5 N–H and O–H groups in total. The van der Waals surface area contributed by atoms with E-state index in [9.17, 15) is 35.1 Å². The molecule has 1 spiro atoms. The average Bonchev–Trinajstić information content (AvgIpc) is 3.37. The molecule has 9 atom stereocenters. The fourth-order valence-corrected chi connectivity index (χ4v) is 8.92. The quantitative estimate of drug-likeness (QED) is 0.305. The summed E-state index contributed by atoms with van der Waals surface area (Å²) in [5.74, 6) is -1.28. The number of aliphatic hydroxyl groups is 3. The number of ether oxygens (including phenoxy) is 4. The van der Waals surface area contributed by atoms with Crippen LogP contribution in [0.3, 0.4) is 0 Å². The van der Waals surface area contributed by atoms with Gasteiger partial charge in [0.1, 0.15) is 35.4 Å². The van der Waals surface area contributed by atoms with Crippen molar-refractivity contribution in [1.29, 1.82) is 0 Å². The van der Waals surface area contributed by atoms with Crippen molar-refractivity contribution in [2.45, 2.75) is 70.2 Å². The SMILES string of the molecule is CC(=O)c1c(C)cc2cc(C(=O)O)cc(O[C@@H]3O[C@H](CO)[C@]4(C[C@H]5C6=C(CC=C6[C@H]6COCC[C@H]6[C@@H]5C)CO4)[C@H](O)[C@H]3O)c2c1O. The van der Waals surface area contributed by atoms with Crippen LogP contribution in [-0.2, 0) is 14.2 Å². The summed E-state index contributed by atoms with van der Waals surface area (Å²) in [5, 5.41) is 55.5. The van der Waals surface area contributed by atoms with Crippen LogP contribution in [0.5, 0.6) is 11.5 Å². The van der Waals surface area contributed by atoms with Gasteiger partial charge in [0.2, 0.25) is 6.29 Å². The number of rotatable bonds is 5. The zero-order chi connectivity index (χ0) is 32.7. The molecular formula is C35H40O11.